The monoisotopic (exact) mass is 421 g/mol. The minimum absolute atomic E-state index is 0.0298. The van der Waals surface area contributed by atoms with Crippen LogP contribution in [0.1, 0.15) is 30.0 Å². The molecular formula is C23H23N3O3S. The first-order valence-electron chi connectivity index (χ1n) is 9.84. The van der Waals surface area contributed by atoms with E-state index in [0.717, 1.165) is 24.2 Å². The van der Waals surface area contributed by atoms with Crippen molar-refractivity contribution >= 4 is 40.1 Å². The molecule has 30 heavy (non-hydrogen) atoms. The van der Waals surface area contributed by atoms with Crippen molar-refractivity contribution in [3.05, 3.63) is 71.4 Å². The topological polar surface area (TPSA) is 79.8 Å². The van der Waals surface area contributed by atoms with E-state index in [1.807, 2.05) is 36.4 Å². The van der Waals surface area contributed by atoms with Crippen LogP contribution in [-0.2, 0) is 20.7 Å². The van der Waals surface area contributed by atoms with Crippen molar-refractivity contribution in [3.63, 3.8) is 0 Å². The lowest BCUT2D eigenvalue weighted by Gasteiger charge is -2.14. The Morgan fingerprint density at radius 1 is 1.20 bits per heavy atom. The van der Waals surface area contributed by atoms with Gasteiger partial charge in [-0.3, -0.25) is 9.59 Å². The molecule has 0 spiro atoms. The van der Waals surface area contributed by atoms with Gasteiger partial charge in [-0.1, -0.05) is 48.2 Å². The van der Waals surface area contributed by atoms with Crippen molar-refractivity contribution in [1.82, 2.24) is 5.32 Å². The number of para-hydroxylation sites is 2. The molecule has 0 saturated carbocycles. The van der Waals surface area contributed by atoms with Gasteiger partial charge in [0.1, 0.15) is 0 Å². The first-order chi connectivity index (χ1) is 14.6. The van der Waals surface area contributed by atoms with Gasteiger partial charge in [0.2, 0.25) is 5.91 Å². The molecule has 2 aliphatic rings. The molecule has 7 heteroatoms. The van der Waals surface area contributed by atoms with Crippen molar-refractivity contribution in [1.29, 1.82) is 0 Å². The number of hydrogen-bond acceptors (Lipinski definition) is 6. The number of nitrogens with one attached hydrogen (secondary N) is 2. The molecule has 0 aromatic heterocycles. The summed E-state index contributed by atoms with van der Waals surface area (Å²) in [6.07, 6.45) is 3.83. The summed E-state index contributed by atoms with van der Waals surface area (Å²) in [5.41, 5.74) is 4.78. The summed E-state index contributed by atoms with van der Waals surface area (Å²) >= 11 is 1.35. The molecule has 1 aliphatic carbocycles. The fourth-order valence-corrected chi connectivity index (χ4v) is 4.42. The summed E-state index contributed by atoms with van der Waals surface area (Å²) in [4.78, 5) is 29.0. The average molecular weight is 422 g/mol. The summed E-state index contributed by atoms with van der Waals surface area (Å²) in [7, 11) is 1.36. The molecule has 4 rings (SSSR count). The van der Waals surface area contributed by atoms with Crippen molar-refractivity contribution in [3.8, 4) is 0 Å². The Bertz CT molecular complexity index is 1030. The highest BCUT2D eigenvalue weighted by atomic mass is 32.2. The van der Waals surface area contributed by atoms with E-state index in [-0.39, 0.29) is 30.1 Å². The van der Waals surface area contributed by atoms with Gasteiger partial charge < -0.3 is 15.4 Å². The highest BCUT2D eigenvalue weighted by Crippen LogP contribution is 2.32. The molecule has 0 fully saturated rings. The maximum absolute atomic E-state index is 12.6. The van der Waals surface area contributed by atoms with Crippen LogP contribution in [0.3, 0.4) is 0 Å². The molecule has 2 aromatic rings. The normalized spacial score (nSPS) is 16.9. The summed E-state index contributed by atoms with van der Waals surface area (Å²) in [5, 5.41) is 7.05. The second kappa shape index (κ2) is 9.17. The summed E-state index contributed by atoms with van der Waals surface area (Å²) < 4.78 is 4.79. The molecule has 6 nitrogen and oxygen atoms in total. The fourth-order valence-electron chi connectivity index (χ4n) is 3.67. The summed E-state index contributed by atoms with van der Waals surface area (Å²) in [5.74, 6) is -0.116. The standard InChI is InChI=1S/C23H23N3O3S/c1-29-23(28)13-16-12-22(26-20-9-5-4-8-19(20)24-16)30-14-21(27)25-18-11-10-15-6-2-3-7-17(15)18/h2-9,12,18,24H,10-11,13-14H2,1H3,(H,25,27)/t18-/m1/s1. The smallest absolute Gasteiger partial charge is 0.311 e. The molecular weight excluding hydrogens is 398 g/mol. The van der Waals surface area contributed by atoms with Gasteiger partial charge in [-0.25, -0.2) is 4.99 Å². The molecule has 0 radical (unpaired) electrons. The van der Waals surface area contributed by atoms with E-state index in [4.69, 9.17) is 4.74 Å². The van der Waals surface area contributed by atoms with Gasteiger partial charge in [0.15, 0.2) is 0 Å². The van der Waals surface area contributed by atoms with Gasteiger partial charge in [0.05, 0.1) is 41.7 Å². The van der Waals surface area contributed by atoms with Crippen molar-refractivity contribution < 1.29 is 14.3 Å². The minimum Gasteiger partial charge on any atom is -0.469 e. The van der Waals surface area contributed by atoms with Gasteiger partial charge in [-0.15, -0.1) is 0 Å². The van der Waals surface area contributed by atoms with E-state index in [9.17, 15) is 9.59 Å². The number of benzene rings is 2. The third-order valence-electron chi connectivity index (χ3n) is 5.11. The van der Waals surface area contributed by atoms with Crippen LogP contribution in [-0.4, -0.2) is 29.8 Å². The second-order valence-electron chi connectivity index (χ2n) is 7.16. The molecule has 0 bridgehead atoms. The van der Waals surface area contributed by atoms with Crippen LogP contribution in [0.15, 0.2) is 65.3 Å². The SMILES string of the molecule is COC(=O)CC1=CC(SCC(=O)N[C@@H]2CCc3ccccc32)=Nc2ccccc2N1. The van der Waals surface area contributed by atoms with Crippen LogP contribution in [0.25, 0.3) is 0 Å². The second-order valence-corrected chi connectivity index (χ2v) is 8.16. The number of aryl methyl sites for hydroxylation is 1. The van der Waals surface area contributed by atoms with E-state index in [1.54, 1.807) is 6.08 Å². The zero-order valence-corrected chi connectivity index (χ0v) is 17.5. The Morgan fingerprint density at radius 3 is 2.87 bits per heavy atom. The zero-order chi connectivity index (χ0) is 20.9. The Balaban J connectivity index is 1.44. The highest BCUT2D eigenvalue weighted by molar-refractivity contribution is 8.14. The number of ether oxygens (including phenoxy) is 1. The Labute approximate surface area is 179 Å². The predicted molar refractivity (Wildman–Crippen MR) is 120 cm³/mol. The first-order valence-corrected chi connectivity index (χ1v) is 10.8. The number of anilines is 1. The number of aliphatic imine (C=N–C) groups is 1. The van der Waals surface area contributed by atoms with Crippen LogP contribution in [0, 0.1) is 0 Å². The van der Waals surface area contributed by atoms with Crippen LogP contribution >= 0.6 is 11.8 Å². The number of amides is 1. The molecule has 0 unspecified atom stereocenters. The Morgan fingerprint density at radius 2 is 2.00 bits per heavy atom. The number of esters is 1. The van der Waals surface area contributed by atoms with Gasteiger partial charge in [-0.05, 0) is 42.2 Å². The lowest BCUT2D eigenvalue weighted by Crippen LogP contribution is -2.29. The number of rotatable bonds is 5. The Hall–Kier alpha value is -3.06. The number of thioether (sulfide) groups is 1. The Kier molecular flexibility index (Phi) is 6.18. The number of carbonyl (C=O) groups excluding carboxylic acids is 2. The van der Waals surface area contributed by atoms with Gasteiger partial charge in [-0.2, -0.15) is 0 Å². The van der Waals surface area contributed by atoms with Crippen LogP contribution in [0.4, 0.5) is 11.4 Å². The number of hydrogen-bond donors (Lipinski definition) is 2. The van der Waals surface area contributed by atoms with Crippen molar-refractivity contribution in [2.75, 3.05) is 18.2 Å². The zero-order valence-electron chi connectivity index (χ0n) is 16.7. The van der Waals surface area contributed by atoms with Crippen molar-refractivity contribution in [2.24, 2.45) is 4.99 Å². The molecule has 0 saturated heterocycles. The molecule has 1 amide bonds. The third kappa shape index (κ3) is 4.74. The number of methoxy groups -OCH3 is 1. The molecule has 1 aliphatic heterocycles. The number of carbonyl (C=O) groups is 2. The number of fused-ring (bicyclic) bond motifs is 2. The van der Waals surface area contributed by atoms with E-state index in [0.29, 0.717) is 10.7 Å². The fraction of sp³-hybridized carbons (Fsp3) is 0.261. The largest absolute Gasteiger partial charge is 0.469 e. The van der Waals surface area contributed by atoms with Gasteiger partial charge in [0.25, 0.3) is 0 Å². The lowest BCUT2D eigenvalue weighted by molar-refractivity contribution is -0.139. The quantitative estimate of drug-likeness (QED) is 0.710. The van der Waals surface area contributed by atoms with E-state index < -0.39 is 0 Å². The molecule has 2 N–H and O–H groups in total. The van der Waals surface area contributed by atoms with Crippen LogP contribution < -0.4 is 10.6 Å². The third-order valence-corrected chi connectivity index (χ3v) is 6.02. The van der Waals surface area contributed by atoms with Gasteiger partial charge >= 0.3 is 5.97 Å². The summed E-state index contributed by atoms with van der Waals surface area (Å²) in [6, 6.07) is 15.9. The molecule has 2 aromatic carbocycles. The maximum atomic E-state index is 12.6. The molecule has 1 atom stereocenters. The van der Waals surface area contributed by atoms with E-state index in [1.165, 1.54) is 30.0 Å². The minimum atomic E-state index is -0.338. The van der Waals surface area contributed by atoms with E-state index >= 15 is 0 Å². The van der Waals surface area contributed by atoms with Crippen LogP contribution in [0.2, 0.25) is 0 Å². The summed E-state index contributed by atoms with van der Waals surface area (Å²) in [6.45, 7) is 0. The first kappa shape index (κ1) is 20.2. The lowest BCUT2D eigenvalue weighted by atomic mass is 10.1. The maximum Gasteiger partial charge on any atom is 0.311 e. The molecule has 154 valence electrons. The van der Waals surface area contributed by atoms with Crippen molar-refractivity contribution in [2.45, 2.75) is 25.3 Å². The molecule has 1 heterocycles. The average Bonchev–Trinajstić information content (AvgIpc) is 3.06. The number of nitrogens with zero attached hydrogens (tertiary/aromatic N) is 1. The van der Waals surface area contributed by atoms with Crippen LogP contribution in [0.5, 0.6) is 0 Å². The van der Waals surface area contributed by atoms with E-state index in [2.05, 4.69) is 27.8 Å². The highest BCUT2D eigenvalue weighted by Gasteiger charge is 2.23. The predicted octanol–water partition coefficient (Wildman–Crippen LogP) is 4.13. The van der Waals surface area contributed by atoms with Gasteiger partial charge in [0, 0.05) is 5.70 Å².